The van der Waals surface area contributed by atoms with E-state index in [0.29, 0.717) is 5.75 Å². The van der Waals surface area contributed by atoms with Crippen LogP contribution in [0.15, 0.2) is 48.5 Å². The van der Waals surface area contributed by atoms with E-state index in [1.807, 2.05) is 24.3 Å². The monoisotopic (exact) mass is 388 g/mol. The second-order valence-electron chi connectivity index (χ2n) is 8.98. The van der Waals surface area contributed by atoms with Crippen molar-refractivity contribution in [1.82, 2.24) is 0 Å². The molecule has 0 amide bonds. The predicted molar refractivity (Wildman–Crippen MR) is 118 cm³/mol. The fourth-order valence-corrected chi connectivity index (χ4v) is 4.81. The van der Waals surface area contributed by atoms with Crippen LogP contribution < -0.4 is 4.74 Å². The Kier molecular flexibility index (Phi) is 6.37. The van der Waals surface area contributed by atoms with Crippen molar-refractivity contribution in [3.63, 3.8) is 0 Å². The average Bonchev–Trinajstić information content (AvgIpc) is 2.76. The van der Waals surface area contributed by atoms with Gasteiger partial charge >= 0.3 is 5.97 Å². The molecule has 29 heavy (non-hydrogen) atoms. The maximum absolute atomic E-state index is 12.7. The van der Waals surface area contributed by atoms with Crippen LogP contribution in [0.5, 0.6) is 5.75 Å². The molecule has 2 aliphatic rings. The van der Waals surface area contributed by atoms with Crippen LogP contribution in [0, 0.1) is 30.6 Å². The Morgan fingerprint density at radius 1 is 0.759 bits per heavy atom. The van der Waals surface area contributed by atoms with Gasteiger partial charge in [-0.05, 0) is 99.3 Å². The van der Waals surface area contributed by atoms with Crippen molar-refractivity contribution in [3.05, 3.63) is 65.9 Å². The molecule has 0 aliphatic heterocycles. The minimum Gasteiger partial charge on any atom is -0.426 e. The van der Waals surface area contributed by atoms with Crippen molar-refractivity contribution in [2.75, 3.05) is 0 Å². The zero-order chi connectivity index (χ0) is 20.2. The zero-order valence-electron chi connectivity index (χ0n) is 17.7. The third kappa shape index (κ3) is 5.10. The Balaban J connectivity index is 1.28. The molecule has 0 unspecified atom stereocenters. The van der Waals surface area contributed by atoms with Crippen molar-refractivity contribution in [1.29, 1.82) is 0 Å². The van der Waals surface area contributed by atoms with Gasteiger partial charge in [0, 0.05) is 0 Å². The van der Waals surface area contributed by atoms with Crippen LogP contribution in [-0.4, -0.2) is 5.97 Å². The topological polar surface area (TPSA) is 26.3 Å². The summed E-state index contributed by atoms with van der Waals surface area (Å²) in [6.07, 6.45) is 9.35. The van der Waals surface area contributed by atoms with Crippen LogP contribution in [-0.2, 0) is 4.79 Å². The summed E-state index contributed by atoms with van der Waals surface area (Å²) in [5, 5.41) is 0. The molecule has 2 aliphatic carbocycles. The molecule has 2 fully saturated rings. The number of rotatable bonds is 4. The lowest BCUT2D eigenvalue weighted by Gasteiger charge is -2.36. The molecule has 2 heteroatoms. The van der Waals surface area contributed by atoms with E-state index in [4.69, 9.17) is 4.74 Å². The van der Waals surface area contributed by atoms with E-state index in [1.165, 1.54) is 36.8 Å². The molecule has 0 N–H and O–H groups in total. The first-order valence-corrected chi connectivity index (χ1v) is 11.1. The highest BCUT2D eigenvalue weighted by Gasteiger charge is 2.33. The molecule has 0 bridgehead atoms. The number of ether oxygens (including phenoxy) is 1. The molecule has 2 nitrogen and oxygen atoms in total. The van der Waals surface area contributed by atoms with Gasteiger partial charge in [0.2, 0.25) is 0 Å². The van der Waals surface area contributed by atoms with Crippen LogP contribution in [0.3, 0.4) is 0 Å². The molecule has 2 aromatic carbocycles. The molecule has 0 atom stereocenters. The lowest BCUT2D eigenvalue weighted by Crippen LogP contribution is -2.28. The van der Waals surface area contributed by atoms with E-state index < -0.39 is 0 Å². The molecule has 2 aromatic rings. The maximum atomic E-state index is 12.7. The van der Waals surface area contributed by atoms with Crippen molar-refractivity contribution in [3.8, 4) is 16.9 Å². The first-order valence-electron chi connectivity index (χ1n) is 11.1. The van der Waals surface area contributed by atoms with Gasteiger partial charge in [0.25, 0.3) is 0 Å². The second-order valence-corrected chi connectivity index (χ2v) is 8.98. The van der Waals surface area contributed by atoms with Gasteiger partial charge in [0.1, 0.15) is 5.75 Å². The van der Waals surface area contributed by atoms with Crippen molar-refractivity contribution < 1.29 is 9.53 Å². The summed E-state index contributed by atoms with van der Waals surface area (Å²) in [7, 11) is 0. The van der Waals surface area contributed by atoms with Crippen LogP contribution in [0.2, 0.25) is 0 Å². The average molecular weight is 389 g/mol. The normalized spacial score (nSPS) is 19.9. The largest absolute Gasteiger partial charge is 0.426 e. The summed E-state index contributed by atoms with van der Waals surface area (Å²) in [6, 6.07) is 16.4. The number of hydrogen-bond donors (Lipinski definition) is 0. The van der Waals surface area contributed by atoms with Crippen LogP contribution in [0.1, 0.15) is 63.9 Å². The highest BCUT2D eigenvalue weighted by atomic mass is 16.5. The number of hydrogen-bond acceptors (Lipinski definition) is 2. The van der Waals surface area contributed by atoms with Gasteiger partial charge in [-0.2, -0.15) is 0 Å². The van der Waals surface area contributed by atoms with Gasteiger partial charge in [0.05, 0.1) is 5.92 Å². The minimum atomic E-state index is -0.0556. The number of carbonyl (C=O) groups excluding carboxylic acids is 1. The molecular weight excluding hydrogens is 356 g/mol. The molecule has 0 heterocycles. The van der Waals surface area contributed by atoms with E-state index in [1.54, 1.807) is 11.8 Å². The Morgan fingerprint density at radius 2 is 1.31 bits per heavy atom. The fraction of sp³-hybridized carbons (Fsp3) is 0.444. The molecule has 0 saturated heterocycles. The summed E-state index contributed by atoms with van der Waals surface area (Å²) >= 11 is 0. The summed E-state index contributed by atoms with van der Waals surface area (Å²) in [5.74, 6) is 4.81. The minimum absolute atomic E-state index is 0.0485. The number of carbonyl (C=O) groups is 1. The summed E-state index contributed by atoms with van der Waals surface area (Å²) in [4.78, 5) is 12.7. The Hall–Kier alpha value is -2.09. The molecule has 2 saturated carbocycles. The van der Waals surface area contributed by atoms with Gasteiger partial charge in [-0.1, -0.05) is 48.9 Å². The van der Waals surface area contributed by atoms with E-state index in [2.05, 4.69) is 38.1 Å². The lowest BCUT2D eigenvalue weighted by atomic mass is 9.69. The van der Waals surface area contributed by atoms with Gasteiger partial charge in [-0.25, -0.2) is 0 Å². The third-order valence-electron chi connectivity index (χ3n) is 6.84. The summed E-state index contributed by atoms with van der Waals surface area (Å²) in [6.45, 7) is 4.38. The molecular formula is C27H32O2. The van der Waals surface area contributed by atoms with Crippen molar-refractivity contribution in [2.45, 2.75) is 65.2 Å². The number of esters is 1. The predicted octanol–water partition coefficient (Wildman–Crippen LogP) is 7.12. The molecule has 152 valence electrons. The van der Waals surface area contributed by atoms with E-state index in [0.717, 1.165) is 37.2 Å². The maximum Gasteiger partial charge on any atom is 0.314 e. The molecule has 4 rings (SSSR count). The number of aryl methyl sites for hydroxylation is 1. The summed E-state index contributed by atoms with van der Waals surface area (Å²) < 4.78 is 5.71. The van der Waals surface area contributed by atoms with Crippen LogP contribution >= 0.6 is 0 Å². The second kappa shape index (κ2) is 9.15. The SMILES string of the molecule is C[C]1CCC([C]2CCC(C(=O)Oc3ccc(-c4ccc(C)cc4)cc3)CC2)CC1. The molecule has 2 radical (unpaired) electrons. The highest BCUT2D eigenvalue weighted by molar-refractivity contribution is 5.75. The van der Waals surface area contributed by atoms with Crippen molar-refractivity contribution >= 4 is 5.97 Å². The molecule has 0 spiro atoms. The summed E-state index contributed by atoms with van der Waals surface area (Å²) in [5.41, 5.74) is 3.57. The third-order valence-corrected chi connectivity index (χ3v) is 6.84. The van der Waals surface area contributed by atoms with Gasteiger partial charge in [-0.3, -0.25) is 4.79 Å². The first-order chi connectivity index (χ1) is 14.1. The van der Waals surface area contributed by atoms with E-state index in [9.17, 15) is 4.79 Å². The molecule has 0 aromatic heterocycles. The van der Waals surface area contributed by atoms with Gasteiger partial charge < -0.3 is 4.74 Å². The fourth-order valence-electron chi connectivity index (χ4n) is 4.81. The standard InChI is InChI=1S/C27H32O2/c1-19-3-7-21(8-4-19)23-11-13-25(14-12-23)27(28)29-26-17-15-24(16-18-26)22-9-5-20(2)6-10-22/h5-6,9-10,15-18,21,25H,3-4,7-8,11-14H2,1-2H3. The van der Waals surface area contributed by atoms with Crippen LogP contribution in [0.25, 0.3) is 11.1 Å². The Morgan fingerprint density at radius 3 is 1.90 bits per heavy atom. The number of benzene rings is 2. The van der Waals surface area contributed by atoms with E-state index in [-0.39, 0.29) is 11.9 Å². The Labute approximate surface area is 175 Å². The lowest BCUT2D eigenvalue weighted by molar-refractivity contribution is -0.139. The van der Waals surface area contributed by atoms with Crippen LogP contribution in [0.4, 0.5) is 0 Å². The quantitative estimate of drug-likeness (QED) is 0.412. The zero-order valence-corrected chi connectivity index (χ0v) is 17.7. The first kappa shape index (κ1) is 20.2. The smallest absolute Gasteiger partial charge is 0.314 e. The van der Waals surface area contributed by atoms with Gasteiger partial charge in [-0.15, -0.1) is 0 Å². The highest BCUT2D eigenvalue weighted by Crippen LogP contribution is 2.43. The Bertz CT molecular complexity index is 789. The van der Waals surface area contributed by atoms with E-state index >= 15 is 0 Å². The van der Waals surface area contributed by atoms with Crippen molar-refractivity contribution in [2.24, 2.45) is 11.8 Å². The van der Waals surface area contributed by atoms with Gasteiger partial charge in [0.15, 0.2) is 0 Å².